The van der Waals surface area contributed by atoms with Crippen molar-refractivity contribution in [1.29, 1.82) is 0 Å². The van der Waals surface area contributed by atoms with Gasteiger partial charge in [-0.1, -0.05) is 11.8 Å². The SMILES string of the molecule is CCOc1ccc(-n2c(SCC(=O)N/N=C\c3cc(OC)c(OC)c(OC)c3)nnc2-c2cccnc2)cc1. The van der Waals surface area contributed by atoms with Crippen LogP contribution in [0.4, 0.5) is 0 Å². The summed E-state index contributed by atoms with van der Waals surface area (Å²) in [6.07, 6.45) is 4.91. The number of aromatic nitrogens is 4. The van der Waals surface area contributed by atoms with Crippen LogP contribution in [0.3, 0.4) is 0 Å². The molecule has 0 radical (unpaired) electrons. The molecule has 11 nitrogen and oxygen atoms in total. The van der Waals surface area contributed by atoms with E-state index in [2.05, 4.69) is 25.7 Å². The fourth-order valence-electron chi connectivity index (χ4n) is 3.65. The highest BCUT2D eigenvalue weighted by atomic mass is 32.2. The van der Waals surface area contributed by atoms with Gasteiger partial charge in [-0.3, -0.25) is 14.3 Å². The molecule has 1 N–H and O–H groups in total. The van der Waals surface area contributed by atoms with Crippen molar-refractivity contribution in [3.05, 3.63) is 66.5 Å². The molecule has 0 spiro atoms. The van der Waals surface area contributed by atoms with E-state index in [9.17, 15) is 4.79 Å². The molecule has 2 heterocycles. The zero-order valence-electron chi connectivity index (χ0n) is 22.0. The number of amides is 1. The lowest BCUT2D eigenvalue weighted by molar-refractivity contribution is -0.118. The van der Waals surface area contributed by atoms with Gasteiger partial charge in [-0.25, -0.2) is 5.43 Å². The summed E-state index contributed by atoms with van der Waals surface area (Å²) in [6, 6.07) is 14.8. The van der Waals surface area contributed by atoms with Crippen molar-refractivity contribution in [2.24, 2.45) is 5.10 Å². The number of methoxy groups -OCH3 is 3. The van der Waals surface area contributed by atoms with Crippen LogP contribution in [-0.4, -0.2) is 65.6 Å². The fourth-order valence-corrected chi connectivity index (χ4v) is 4.40. The number of nitrogens with one attached hydrogen (secondary N) is 1. The molecule has 2 aromatic carbocycles. The molecule has 0 atom stereocenters. The molecule has 39 heavy (non-hydrogen) atoms. The topological polar surface area (TPSA) is 122 Å². The third kappa shape index (κ3) is 6.65. The van der Waals surface area contributed by atoms with Crippen LogP contribution in [0.5, 0.6) is 23.0 Å². The van der Waals surface area contributed by atoms with E-state index in [4.69, 9.17) is 18.9 Å². The van der Waals surface area contributed by atoms with Crippen molar-refractivity contribution < 1.29 is 23.7 Å². The summed E-state index contributed by atoms with van der Waals surface area (Å²) < 4.78 is 23.5. The summed E-state index contributed by atoms with van der Waals surface area (Å²) in [5.41, 5.74) is 4.82. The Bertz CT molecular complexity index is 1400. The van der Waals surface area contributed by atoms with E-state index in [1.807, 2.05) is 47.9 Å². The van der Waals surface area contributed by atoms with Crippen molar-refractivity contribution in [3.63, 3.8) is 0 Å². The lowest BCUT2D eigenvalue weighted by Gasteiger charge is -2.12. The van der Waals surface area contributed by atoms with E-state index < -0.39 is 0 Å². The molecule has 1 amide bonds. The zero-order chi connectivity index (χ0) is 27.6. The number of rotatable bonds is 12. The van der Waals surface area contributed by atoms with Gasteiger partial charge in [-0.2, -0.15) is 5.10 Å². The molecule has 4 rings (SSSR count). The molecule has 0 saturated heterocycles. The summed E-state index contributed by atoms with van der Waals surface area (Å²) in [7, 11) is 4.59. The van der Waals surface area contributed by atoms with Gasteiger partial charge in [-0.15, -0.1) is 10.2 Å². The van der Waals surface area contributed by atoms with Crippen molar-refractivity contribution in [2.75, 3.05) is 33.7 Å². The summed E-state index contributed by atoms with van der Waals surface area (Å²) in [5.74, 6) is 2.56. The average Bonchev–Trinajstić information content (AvgIpc) is 3.40. The van der Waals surface area contributed by atoms with Gasteiger partial charge in [0.2, 0.25) is 5.75 Å². The van der Waals surface area contributed by atoms with Crippen molar-refractivity contribution in [2.45, 2.75) is 12.1 Å². The van der Waals surface area contributed by atoms with Crippen LogP contribution in [0.15, 0.2) is 71.2 Å². The number of hydrazone groups is 1. The molecule has 0 fully saturated rings. The Hall–Kier alpha value is -4.58. The van der Waals surface area contributed by atoms with Crippen LogP contribution in [0.2, 0.25) is 0 Å². The Balaban J connectivity index is 1.49. The summed E-state index contributed by atoms with van der Waals surface area (Å²) in [4.78, 5) is 16.8. The van der Waals surface area contributed by atoms with Gasteiger partial charge >= 0.3 is 0 Å². The van der Waals surface area contributed by atoms with Gasteiger partial charge in [0, 0.05) is 29.2 Å². The number of carbonyl (C=O) groups is 1. The number of hydrogen-bond acceptors (Lipinski definition) is 10. The van der Waals surface area contributed by atoms with E-state index in [1.54, 1.807) is 24.5 Å². The van der Waals surface area contributed by atoms with Crippen molar-refractivity contribution in [1.82, 2.24) is 25.2 Å². The molecule has 0 unspecified atom stereocenters. The Kier molecular flexibility index (Phi) is 9.35. The Morgan fingerprint density at radius 3 is 2.41 bits per heavy atom. The molecule has 4 aromatic rings. The average molecular weight is 549 g/mol. The first-order valence-electron chi connectivity index (χ1n) is 11.9. The summed E-state index contributed by atoms with van der Waals surface area (Å²) in [6.45, 7) is 2.51. The van der Waals surface area contributed by atoms with E-state index in [0.717, 1.165) is 17.0 Å². The lowest BCUT2D eigenvalue weighted by Crippen LogP contribution is -2.20. The number of nitrogens with zero attached hydrogens (tertiary/aromatic N) is 5. The molecule has 12 heteroatoms. The van der Waals surface area contributed by atoms with E-state index in [0.29, 0.717) is 40.4 Å². The van der Waals surface area contributed by atoms with Crippen molar-refractivity contribution >= 4 is 23.9 Å². The molecular formula is C27H28N6O5S. The molecule has 2 aromatic heterocycles. The van der Waals surface area contributed by atoms with E-state index in [1.165, 1.54) is 39.3 Å². The monoisotopic (exact) mass is 548 g/mol. The number of thioether (sulfide) groups is 1. The van der Waals surface area contributed by atoms with Crippen LogP contribution in [0, 0.1) is 0 Å². The molecule has 202 valence electrons. The van der Waals surface area contributed by atoms with Gasteiger partial charge in [0.15, 0.2) is 22.5 Å². The van der Waals surface area contributed by atoms with Crippen LogP contribution in [-0.2, 0) is 4.79 Å². The standard InChI is InChI=1S/C27H28N6O5S/c1-5-38-21-10-8-20(9-11-21)33-26(19-7-6-12-28-16-19)31-32-27(33)39-17-24(34)30-29-15-18-13-22(35-2)25(37-4)23(14-18)36-3/h6-16H,5,17H2,1-4H3,(H,30,34)/b29-15-. The van der Waals surface area contributed by atoms with Crippen molar-refractivity contribution in [3.8, 4) is 40.1 Å². The zero-order valence-corrected chi connectivity index (χ0v) is 22.8. The second-order valence-corrected chi connectivity index (χ2v) is 8.79. The fraction of sp³-hybridized carbons (Fsp3) is 0.222. The first-order chi connectivity index (χ1) is 19.1. The minimum atomic E-state index is -0.312. The van der Waals surface area contributed by atoms with Gasteiger partial charge in [-0.05, 0) is 55.5 Å². The largest absolute Gasteiger partial charge is 0.494 e. The van der Waals surface area contributed by atoms with Crippen LogP contribution < -0.4 is 24.4 Å². The third-order valence-electron chi connectivity index (χ3n) is 5.38. The Labute approximate surface area is 230 Å². The van der Waals surface area contributed by atoms with Gasteiger partial charge in [0.25, 0.3) is 5.91 Å². The predicted octanol–water partition coefficient (Wildman–Crippen LogP) is 4.00. The Morgan fingerprint density at radius 1 is 1.05 bits per heavy atom. The predicted molar refractivity (Wildman–Crippen MR) is 148 cm³/mol. The normalized spacial score (nSPS) is 10.9. The smallest absolute Gasteiger partial charge is 0.250 e. The highest BCUT2D eigenvalue weighted by molar-refractivity contribution is 7.99. The van der Waals surface area contributed by atoms with Crippen LogP contribution in [0.25, 0.3) is 17.1 Å². The number of carbonyl (C=O) groups excluding carboxylic acids is 1. The lowest BCUT2D eigenvalue weighted by atomic mass is 10.2. The molecule has 0 bridgehead atoms. The number of pyridine rings is 1. The van der Waals surface area contributed by atoms with Gasteiger partial charge in [0.05, 0.1) is 39.9 Å². The molecule has 0 saturated carbocycles. The molecular weight excluding hydrogens is 520 g/mol. The van der Waals surface area contributed by atoms with Gasteiger partial charge < -0.3 is 18.9 Å². The maximum Gasteiger partial charge on any atom is 0.250 e. The molecule has 0 aliphatic carbocycles. The molecule has 0 aliphatic heterocycles. The Morgan fingerprint density at radius 2 is 1.79 bits per heavy atom. The maximum absolute atomic E-state index is 12.6. The van der Waals surface area contributed by atoms with Crippen LogP contribution in [0.1, 0.15) is 12.5 Å². The summed E-state index contributed by atoms with van der Waals surface area (Å²) >= 11 is 1.24. The number of ether oxygens (including phenoxy) is 4. The number of benzene rings is 2. The first-order valence-corrected chi connectivity index (χ1v) is 12.9. The van der Waals surface area contributed by atoms with Crippen LogP contribution >= 0.6 is 11.8 Å². The van der Waals surface area contributed by atoms with E-state index in [-0.39, 0.29) is 11.7 Å². The first kappa shape index (κ1) is 27.5. The third-order valence-corrected chi connectivity index (χ3v) is 6.31. The van der Waals surface area contributed by atoms with Gasteiger partial charge in [0.1, 0.15) is 5.75 Å². The van der Waals surface area contributed by atoms with E-state index >= 15 is 0 Å². The minimum absolute atomic E-state index is 0.0643. The second-order valence-electron chi connectivity index (χ2n) is 7.85. The highest BCUT2D eigenvalue weighted by Gasteiger charge is 2.18. The summed E-state index contributed by atoms with van der Waals surface area (Å²) in [5, 5.41) is 13.3. The number of hydrogen-bond donors (Lipinski definition) is 1. The highest BCUT2D eigenvalue weighted by Crippen LogP contribution is 2.37. The quantitative estimate of drug-likeness (QED) is 0.159. The molecule has 0 aliphatic rings. The second kappa shape index (κ2) is 13.3. The maximum atomic E-state index is 12.6. The minimum Gasteiger partial charge on any atom is -0.494 e.